The predicted molar refractivity (Wildman–Crippen MR) is 94.9 cm³/mol. The van der Waals surface area contributed by atoms with Crippen LogP contribution in [-0.4, -0.2) is 18.4 Å². The Hall–Kier alpha value is -2.54. The molecule has 126 valence electrons. The number of fused-ring (bicyclic) bond motifs is 1. The van der Waals surface area contributed by atoms with Gasteiger partial charge in [-0.1, -0.05) is 32.9 Å². The number of H-pyrrole nitrogens is 2. The zero-order valence-electron chi connectivity index (χ0n) is 13.7. The summed E-state index contributed by atoms with van der Waals surface area (Å²) in [4.78, 5) is 16.7. The van der Waals surface area contributed by atoms with Gasteiger partial charge in [0.2, 0.25) is 0 Å². The monoisotopic (exact) mass is 345 g/mol. The molecule has 0 aliphatic heterocycles. The number of benzene rings is 2. The zero-order valence-corrected chi connectivity index (χ0v) is 14.5. The van der Waals surface area contributed by atoms with E-state index in [4.69, 9.17) is 0 Å². The van der Waals surface area contributed by atoms with Crippen LogP contribution in [-0.2, 0) is 15.4 Å². The standard InChI is InChI=1S/C17H19N3O3S/c1-17(2,3)11-4-7-13(8-5-11)24(22,23)20-12-6-9-14-15(10-12)19-16(21)18-14/h4-10,20H,1-3H3,(H2,18,19,21). The summed E-state index contributed by atoms with van der Waals surface area (Å²) in [6.45, 7) is 6.21. The molecule has 0 fully saturated rings. The molecule has 0 bridgehead atoms. The van der Waals surface area contributed by atoms with E-state index in [-0.39, 0.29) is 16.0 Å². The summed E-state index contributed by atoms with van der Waals surface area (Å²) in [6.07, 6.45) is 0. The summed E-state index contributed by atoms with van der Waals surface area (Å²) in [5, 5.41) is 0. The fourth-order valence-electron chi connectivity index (χ4n) is 2.44. The second-order valence-electron chi connectivity index (χ2n) is 6.72. The molecular weight excluding hydrogens is 326 g/mol. The van der Waals surface area contributed by atoms with Crippen molar-refractivity contribution >= 4 is 26.7 Å². The summed E-state index contributed by atoms with van der Waals surface area (Å²) in [5.41, 5.74) is 2.25. The van der Waals surface area contributed by atoms with Gasteiger partial charge in [0.1, 0.15) is 0 Å². The van der Waals surface area contributed by atoms with Crippen molar-refractivity contribution < 1.29 is 8.42 Å². The number of imidazole rings is 1. The van der Waals surface area contributed by atoms with Gasteiger partial charge in [0.15, 0.2) is 0 Å². The minimum Gasteiger partial charge on any atom is -0.306 e. The highest BCUT2D eigenvalue weighted by molar-refractivity contribution is 7.92. The Balaban J connectivity index is 1.90. The SMILES string of the molecule is CC(C)(C)c1ccc(S(=O)(=O)Nc2ccc3[nH]c(=O)[nH]c3c2)cc1. The molecule has 0 amide bonds. The molecule has 3 N–H and O–H groups in total. The van der Waals surface area contributed by atoms with E-state index in [0.717, 1.165) is 5.56 Å². The summed E-state index contributed by atoms with van der Waals surface area (Å²) in [7, 11) is -3.69. The molecule has 1 heterocycles. The first-order valence-corrected chi connectivity index (χ1v) is 8.99. The fraction of sp³-hybridized carbons (Fsp3) is 0.235. The maximum absolute atomic E-state index is 12.5. The van der Waals surface area contributed by atoms with Crippen LogP contribution in [0.5, 0.6) is 0 Å². The molecule has 7 heteroatoms. The first kappa shape index (κ1) is 16.3. The molecule has 0 aliphatic carbocycles. The van der Waals surface area contributed by atoms with E-state index >= 15 is 0 Å². The summed E-state index contributed by atoms with van der Waals surface area (Å²) in [6, 6.07) is 11.7. The van der Waals surface area contributed by atoms with Crippen LogP contribution in [0.1, 0.15) is 26.3 Å². The van der Waals surface area contributed by atoms with Crippen molar-refractivity contribution in [1.29, 1.82) is 0 Å². The number of aromatic amines is 2. The lowest BCUT2D eigenvalue weighted by Gasteiger charge is -2.19. The van der Waals surface area contributed by atoms with Crippen LogP contribution >= 0.6 is 0 Å². The lowest BCUT2D eigenvalue weighted by atomic mass is 9.87. The van der Waals surface area contributed by atoms with E-state index in [9.17, 15) is 13.2 Å². The van der Waals surface area contributed by atoms with Gasteiger partial charge in [0.25, 0.3) is 10.0 Å². The number of rotatable bonds is 3. The summed E-state index contributed by atoms with van der Waals surface area (Å²) in [5.74, 6) is 0. The van der Waals surface area contributed by atoms with Crippen molar-refractivity contribution in [3.05, 3.63) is 58.5 Å². The third kappa shape index (κ3) is 3.21. The second kappa shape index (κ2) is 5.52. The quantitative estimate of drug-likeness (QED) is 0.681. The average molecular weight is 345 g/mol. The van der Waals surface area contributed by atoms with Crippen LogP contribution in [0.4, 0.5) is 5.69 Å². The number of anilines is 1. The largest absolute Gasteiger partial charge is 0.323 e. The topological polar surface area (TPSA) is 94.8 Å². The van der Waals surface area contributed by atoms with Crippen molar-refractivity contribution in [2.45, 2.75) is 31.1 Å². The van der Waals surface area contributed by atoms with Gasteiger partial charge in [-0.05, 0) is 41.3 Å². The van der Waals surface area contributed by atoms with Crippen LogP contribution in [0.15, 0.2) is 52.2 Å². The highest BCUT2D eigenvalue weighted by Gasteiger charge is 2.18. The average Bonchev–Trinajstić information content (AvgIpc) is 2.85. The van der Waals surface area contributed by atoms with E-state index in [2.05, 4.69) is 35.5 Å². The van der Waals surface area contributed by atoms with Gasteiger partial charge in [-0.2, -0.15) is 0 Å². The van der Waals surface area contributed by atoms with Crippen LogP contribution < -0.4 is 10.4 Å². The van der Waals surface area contributed by atoms with Gasteiger partial charge in [-0.15, -0.1) is 0 Å². The molecule has 0 aliphatic rings. The molecule has 0 atom stereocenters. The molecular formula is C17H19N3O3S. The molecule has 0 unspecified atom stereocenters. The minimum atomic E-state index is -3.69. The molecule has 2 aromatic carbocycles. The van der Waals surface area contributed by atoms with E-state index < -0.39 is 10.0 Å². The highest BCUT2D eigenvalue weighted by atomic mass is 32.2. The van der Waals surface area contributed by atoms with Crippen molar-refractivity contribution in [1.82, 2.24) is 9.97 Å². The fourth-order valence-corrected chi connectivity index (χ4v) is 3.49. The van der Waals surface area contributed by atoms with E-state index in [0.29, 0.717) is 16.7 Å². The molecule has 0 spiro atoms. The Bertz CT molecular complexity index is 1040. The van der Waals surface area contributed by atoms with Gasteiger partial charge < -0.3 is 9.97 Å². The van der Waals surface area contributed by atoms with Crippen LogP contribution in [0.3, 0.4) is 0 Å². The van der Waals surface area contributed by atoms with Gasteiger partial charge in [-0.3, -0.25) is 4.72 Å². The maximum Gasteiger partial charge on any atom is 0.323 e. The summed E-state index contributed by atoms with van der Waals surface area (Å²) >= 11 is 0. The van der Waals surface area contributed by atoms with Crippen molar-refractivity contribution in [3.63, 3.8) is 0 Å². The second-order valence-corrected chi connectivity index (χ2v) is 8.40. The van der Waals surface area contributed by atoms with Crippen LogP contribution in [0, 0.1) is 0 Å². The third-order valence-corrected chi connectivity index (χ3v) is 5.20. The molecule has 3 rings (SSSR count). The third-order valence-electron chi connectivity index (χ3n) is 3.80. The van der Waals surface area contributed by atoms with Crippen LogP contribution in [0.2, 0.25) is 0 Å². The van der Waals surface area contributed by atoms with Gasteiger partial charge in [-0.25, -0.2) is 13.2 Å². The Labute approximate surface area is 140 Å². The van der Waals surface area contributed by atoms with E-state index in [1.54, 1.807) is 30.3 Å². The molecule has 0 radical (unpaired) electrons. The number of aromatic nitrogens is 2. The van der Waals surface area contributed by atoms with Gasteiger partial charge in [0, 0.05) is 0 Å². The maximum atomic E-state index is 12.5. The minimum absolute atomic E-state index is 0.0408. The summed E-state index contributed by atoms with van der Waals surface area (Å²) < 4.78 is 27.6. The van der Waals surface area contributed by atoms with E-state index in [1.807, 2.05) is 12.1 Å². The first-order chi connectivity index (χ1) is 11.1. The Kier molecular flexibility index (Phi) is 3.76. The molecule has 0 saturated carbocycles. The van der Waals surface area contributed by atoms with Gasteiger partial charge in [0.05, 0.1) is 21.6 Å². The molecule has 6 nitrogen and oxygen atoms in total. The number of nitrogens with one attached hydrogen (secondary N) is 3. The molecule has 24 heavy (non-hydrogen) atoms. The Morgan fingerprint density at radius 2 is 1.54 bits per heavy atom. The number of sulfonamides is 1. The zero-order chi connectivity index (χ0) is 17.5. The predicted octanol–water partition coefficient (Wildman–Crippen LogP) is 2.95. The number of hydrogen-bond donors (Lipinski definition) is 3. The van der Waals surface area contributed by atoms with Gasteiger partial charge >= 0.3 is 5.69 Å². The smallest absolute Gasteiger partial charge is 0.306 e. The highest BCUT2D eigenvalue weighted by Crippen LogP contribution is 2.24. The number of hydrogen-bond acceptors (Lipinski definition) is 3. The van der Waals surface area contributed by atoms with Crippen molar-refractivity contribution in [3.8, 4) is 0 Å². The normalized spacial score (nSPS) is 12.5. The first-order valence-electron chi connectivity index (χ1n) is 7.51. The molecule has 1 aromatic heterocycles. The van der Waals surface area contributed by atoms with Crippen molar-refractivity contribution in [2.24, 2.45) is 0 Å². The Morgan fingerprint density at radius 3 is 2.17 bits per heavy atom. The molecule has 0 saturated heterocycles. The lowest BCUT2D eigenvalue weighted by Crippen LogP contribution is -2.14. The van der Waals surface area contributed by atoms with E-state index in [1.165, 1.54) is 0 Å². The lowest BCUT2D eigenvalue weighted by molar-refractivity contribution is 0.587. The van der Waals surface area contributed by atoms with Crippen molar-refractivity contribution in [2.75, 3.05) is 4.72 Å². The molecule has 3 aromatic rings. The van der Waals surface area contributed by atoms with Crippen LogP contribution in [0.25, 0.3) is 11.0 Å². The Morgan fingerprint density at radius 1 is 0.917 bits per heavy atom.